The summed E-state index contributed by atoms with van der Waals surface area (Å²) in [5, 5.41) is 6.68. The molecule has 6 heteroatoms. The van der Waals surface area contributed by atoms with Crippen LogP contribution in [0, 0.1) is 5.82 Å². The van der Waals surface area contributed by atoms with Crippen molar-refractivity contribution >= 4 is 34.7 Å². The highest BCUT2D eigenvalue weighted by molar-refractivity contribution is 7.99. The first-order chi connectivity index (χ1) is 9.24. The van der Waals surface area contributed by atoms with Gasteiger partial charge in [0, 0.05) is 29.0 Å². The molecule has 1 unspecified atom stereocenters. The normalized spacial score (nSPS) is 19.6. The molecule has 1 saturated heterocycles. The third-order valence-corrected chi connectivity index (χ3v) is 5.27. The lowest BCUT2D eigenvalue weighted by Crippen LogP contribution is -2.30. The van der Waals surface area contributed by atoms with Crippen LogP contribution in [0.3, 0.4) is 0 Å². The fourth-order valence-electron chi connectivity index (χ4n) is 1.96. The Morgan fingerprint density at radius 1 is 1.42 bits per heavy atom. The van der Waals surface area contributed by atoms with Crippen molar-refractivity contribution in [3.05, 3.63) is 39.4 Å². The predicted octanol–water partition coefficient (Wildman–Crippen LogP) is 3.98. The molecule has 2 nitrogen and oxygen atoms in total. The zero-order chi connectivity index (χ0) is 13.2. The number of thioether (sulfide) groups is 1. The molecule has 0 amide bonds. The first kappa shape index (κ1) is 13.4. The molecule has 19 heavy (non-hydrogen) atoms. The lowest BCUT2D eigenvalue weighted by Gasteiger charge is -2.20. The molecule has 0 bridgehead atoms. The highest BCUT2D eigenvalue weighted by Gasteiger charge is 2.18. The molecule has 0 saturated carbocycles. The lowest BCUT2D eigenvalue weighted by molar-refractivity contribution is 0.592. The van der Waals surface area contributed by atoms with Gasteiger partial charge in [0.1, 0.15) is 10.8 Å². The van der Waals surface area contributed by atoms with Crippen LogP contribution < -0.4 is 5.32 Å². The summed E-state index contributed by atoms with van der Waals surface area (Å²) in [6, 6.07) is 5.04. The van der Waals surface area contributed by atoms with Crippen LogP contribution in [0.15, 0.2) is 23.6 Å². The van der Waals surface area contributed by atoms with Gasteiger partial charge in [-0.25, -0.2) is 9.37 Å². The average molecular weight is 315 g/mol. The van der Waals surface area contributed by atoms with Gasteiger partial charge < -0.3 is 5.32 Å². The zero-order valence-corrected chi connectivity index (χ0v) is 12.4. The van der Waals surface area contributed by atoms with E-state index < -0.39 is 5.82 Å². The van der Waals surface area contributed by atoms with Crippen molar-refractivity contribution in [2.45, 2.75) is 6.04 Å². The Kier molecular flexibility index (Phi) is 4.07. The largest absolute Gasteiger partial charge is 0.306 e. The number of thiazole rings is 1. The summed E-state index contributed by atoms with van der Waals surface area (Å²) in [6.07, 6.45) is 0. The summed E-state index contributed by atoms with van der Waals surface area (Å²) in [6.45, 7) is 1.02. The summed E-state index contributed by atoms with van der Waals surface area (Å²) < 4.78 is 13.1. The van der Waals surface area contributed by atoms with E-state index in [4.69, 9.17) is 11.6 Å². The number of benzene rings is 1. The van der Waals surface area contributed by atoms with Gasteiger partial charge in [-0.3, -0.25) is 0 Å². The predicted molar refractivity (Wildman–Crippen MR) is 80.6 cm³/mol. The molecule has 1 aromatic heterocycles. The molecule has 1 fully saturated rings. The summed E-state index contributed by atoms with van der Waals surface area (Å²) in [5.74, 6) is 1.81. The number of halogens is 2. The second-order valence-electron chi connectivity index (χ2n) is 4.28. The van der Waals surface area contributed by atoms with Gasteiger partial charge in [-0.15, -0.1) is 11.3 Å². The second kappa shape index (κ2) is 5.79. The summed E-state index contributed by atoms with van der Waals surface area (Å²) >= 11 is 9.38. The van der Waals surface area contributed by atoms with Crippen LogP contribution in [0.4, 0.5) is 4.39 Å². The molecule has 2 aromatic rings. The monoisotopic (exact) mass is 314 g/mol. The molecule has 0 aliphatic carbocycles. The maximum absolute atomic E-state index is 13.1. The van der Waals surface area contributed by atoms with Gasteiger partial charge in [-0.05, 0) is 18.2 Å². The van der Waals surface area contributed by atoms with Gasteiger partial charge in [0.2, 0.25) is 0 Å². The Morgan fingerprint density at radius 2 is 2.32 bits per heavy atom. The molecule has 1 aliphatic rings. The van der Waals surface area contributed by atoms with Crippen LogP contribution in [0.2, 0.25) is 5.02 Å². The van der Waals surface area contributed by atoms with Gasteiger partial charge in [0.05, 0.1) is 16.8 Å². The number of hydrogen-bond donors (Lipinski definition) is 1. The molecular formula is C13H12ClFN2S2. The van der Waals surface area contributed by atoms with Crippen molar-refractivity contribution < 1.29 is 4.39 Å². The number of rotatable bonds is 2. The van der Waals surface area contributed by atoms with Gasteiger partial charge in [-0.1, -0.05) is 11.6 Å². The van der Waals surface area contributed by atoms with Crippen molar-refractivity contribution in [3.8, 4) is 11.3 Å². The third kappa shape index (κ3) is 2.94. The molecule has 1 N–H and O–H groups in total. The first-order valence-electron chi connectivity index (χ1n) is 5.96. The van der Waals surface area contributed by atoms with E-state index in [9.17, 15) is 4.39 Å². The molecule has 100 valence electrons. The standard InChI is InChI=1S/C13H12ClFN2S2/c14-9-5-8(1-2-10(9)15)11-7-19-13(17-11)12-6-18-4-3-16-12/h1-2,5,7,12,16H,3-4,6H2. The van der Waals surface area contributed by atoms with Crippen LogP contribution in [-0.2, 0) is 0 Å². The minimum Gasteiger partial charge on any atom is -0.306 e. The van der Waals surface area contributed by atoms with E-state index in [0.29, 0.717) is 6.04 Å². The Labute approximate surface area is 124 Å². The van der Waals surface area contributed by atoms with E-state index in [1.807, 2.05) is 17.1 Å². The van der Waals surface area contributed by atoms with Gasteiger partial charge in [0.25, 0.3) is 0 Å². The molecule has 1 aromatic carbocycles. The van der Waals surface area contributed by atoms with Crippen molar-refractivity contribution in [1.29, 1.82) is 0 Å². The topological polar surface area (TPSA) is 24.9 Å². The van der Waals surface area contributed by atoms with E-state index in [-0.39, 0.29) is 5.02 Å². The number of nitrogens with one attached hydrogen (secondary N) is 1. The fourth-order valence-corrected chi connectivity index (χ4v) is 4.09. The van der Waals surface area contributed by atoms with Crippen LogP contribution in [-0.4, -0.2) is 23.0 Å². The summed E-state index contributed by atoms with van der Waals surface area (Å²) in [5.41, 5.74) is 1.72. The highest BCUT2D eigenvalue weighted by Crippen LogP contribution is 2.30. The van der Waals surface area contributed by atoms with Crippen molar-refractivity contribution in [3.63, 3.8) is 0 Å². The van der Waals surface area contributed by atoms with Crippen LogP contribution in [0.5, 0.6) is 0 Å². The first-order valence-corrected chi connectivity index (χ1v) is 8.37. The molecular weight excluding hydrogens is 303 g/mol. The van der Waals surface area contributed by atoms with Crippen LogP contribution in [0.25, 0.3) is 11.3 Å². The minimum absolute atomic E-state index is 0.137. The molecule has 0 radical (unpaired) electrons. The molecule has 2 heterocycles. The number of nitrogens with zero attached hydrogens (tertiary/aromatic N) is 1. The SMILES string of the molecule is Fc1ccc(-c2csc(C3CSCCN3)n2)cc1Cl. The number of aromatic nitrogens is 1. The van der Waals surface area contributed by atoms with Gasteiger partial charge in [-0.2, -0.15) is 11.8 Å². The minimum atomic E-state index is -0.397. The number of hydrogen-bond acceptors (Lipinski definition) is 4. The van der Waals surface area contributed by atoms with E-state index in [1.54, 1.807) is 23.5 Å². The highest BCUT2D eigenvalue weighted by atomic mass is 35.5. The van der Waals surface area contributed by atoms with E-state index in [0.717, 1.165) is 34.3 Å². The van der Waals surface area contributed by atoms with E-state index in [2.05, 4.69) is 10.3 Å². The Bertz CT molecular complexity index is 582. The molecule has 3 rings (SSSR count). The average Bonchev–Trinajstić information content (AvgIpc) is 2.93. The van der Waals surface area contributed by atoms with Crippen molar-refractivity contribution in [2.75, 3.05) is 18.1 Å². The second-order valence-corrected chi connectivity index (χ2v) is 6.73. The van der Waals surface area contributed by atoms with Gasteiger partial charge in [0.15, 0.2) is 0 Å². The molecule has 1 aliphatic heterocycles. The third-order valence-electron chi connectivity index (χ3n) is 2.96. The van der Waals surface area contributed by atoms with Crippen LogP contribution in [0.1, 0.15) is 11.0 Å². The zero-order valence-electron chi connectivity index (χ0n) is 10.0. The summed E-state index contributed by atoms with van der Waals surface area (Å²) in [4.78, 5) is 4.64. The Balaban J connectivity index is 1.85. The maximum atomic E-state index is 13.1. The summed E-state index contributed by atoms with van der Waals surface area (Å²) in [7, 11) is 0. The van der Waals surface area contributed by atoms with E-state index >= 15 is 0 Å². The lowest BCUT2D eigenvalue weighted by atomic mass is 10.2. The van der Waals surface area contributed by atoms with Gasteiger partial charge >= 0.3 is 0 Å². The van der Waals surface area contributed by atoms with Crippen molar-refractivity contribution in [2.24, 2.45) is 0 Å². The Hall–Kier alpha value is -0.620. The fraction of sp³-hybridized carbons (Fsp3) is 0.308. The van der Waals surface area contributed by atoms with Crippen molar-refractivity contribution in [1.82, 2.24) is 10.3 Å². The maximum Gasteiger partial charge on any atom is 0.141 e. The molecule has 1 atom stereocenters. The van der Waals surface area contributed by atoms with E-state index in [1.165, 1.54) is 6.07 Å². The smallest absolute Gasteiger partial charge is 0.141 e. The quantitative estimate of drug-likeness (QED) is 0.907. The Morgan fingerprint density at radius 3 is 3.05 bits per heavy atom. The molecule has 0 spiro atoms. The van der Waals surface area contributed by atoms with Crippen LogP contribution >= 0.6 is 34.7 Å².